The summed E-state index contributed by atoms with van der Waals surface area (Å²) >= 11 is 11.9. The number of anilines is 1. The van der Waals surface area contributed by atoms with Gasteiger partial charge in [0.1, 0.15) is 12.7 Å². The number of nitrogens with two attached hydrogens (primary N) is 1. The molecule has 0 atom stereocenters. The highest BCUT2D eigenvalue weighted by atomic mass is 35.5. The van der Waals surface area contributed by atoms with E-state index >= 15 is 0 Å². The molecule has 7 nitrogen and oxygen atoms in total. The molecule has 1 aromatic carbocycles. The van der Waals surface area contributed by atoms with Crippen molar-refractivity contribution in [2.75, 3.05) is 5.73 Å². The lowest BCUT2D eigenvalue weighted by atomic mass is 10.2. The van der Waals surface area contributed by atoms with Crippen LogP contribution in [0.3, 0.4) is 0 Å². The zero-order valence-electron chi connectivity index (χ0n) is 9.90. The van der Waals surface area contributed by atoms with E-state index in [2.05, 4.69) is 25.0 Å². The summed E-state index contributed by atoms with van der Waals surface area (Å²) in [6.45, 7) is 0. The quantitative estimate of drug-likeness (QED) is 0.778. The zero-order valence-corrected chi connectivity index (χ0v) is 11.4. The number of nitrogens with zero attached hydrogens (tertiary/aromatic N) is 6. The minimum Gasteiger partial charge on any atom is -0.368 e. The second kappa shape index (κ2) is 5.03. The van der Waals surface area contributed by atoms with Crippen molar-refractivity contribution in [3.05, 3.63) is 40.9 Å². The summed E-state index contributed by atoms with van der Waals surface area (Å²) < 4.78 is 1.38. The monoisotopic (exact) mass is 307 g/mol. The lowest BCUT2D eigenvalue weighted by molar-refractivity contribution is 0.800. The molecule has 0 bridgehead atoms. The van der Waals surface area contributed by atoms with E-state index in [-0.39, 0.29) is 11.9 Å². The van der Waals surface area contributed by atoms with Gasteiger partial charge in [-0.3, -0.25) is 0 Å². The SMILES string of the molecule is Nc1nc(-c2cc(Cl)cc(Cl)c2)nc(-n2cncn2)n1. The van der Waals surface area contributed by atoms with Crippen LogP contribution < -0.4 is 5.73 Å². The van der Waals surface area contributed by atoms with E-state index in [0.29, 0.717) is 21.4 Å². The van der Waals surface area contributed by atoms with E-state index in [1.54, 1.807) is 18.2 Å². The van der Waals surface area contributed by atoms with Gasteiger partial charge in [-0.05, 0) is 18.2 Å². The molecule has 3 aromatic rings. The minimum absolute atomic E-state index is 0.0663. The van der Waals surface area contributed by atoms with Crippen LogP contribution in [0.4, 0.5) is 5.95 Å². The van der Waals surface area contributed by atoms with E-state index in [1.165, 1.54) is 17.3 Å². The molecule has 0 spiro atoms. The maximum atomic E-state index is 5.96. The van der Waals surface area contributed by atoms with Crippen LogP contribution in [0.2, 0.25) is 10.0 Å². The second-order valence-corrected chi connectivity index (χ2v) is 4.69. The van der Waals surface area contributed by atoms with Crippen molar-refractivity contribution in [3.8, 4) is 17.3 Å². The normalized spacial score (nSPS) is 10.7. The topological polar surface area (TPSA) is 95.4 Å². The third kappa shape index (κ3) is 2.54. The molecule has 0 aliphatic carbocycles. The summed E-state index contributed by atoms with van der Waals surface area (Å²) in [5, 5.41) is 4.90. The van der Waals surface area contributed by atoms with Gasteiger partial charge < -0.3 is 5.73 Å². The molecule has 0 saturated carbocycles. The van der Waals surface area contributed by atoms with Crippen LogP contribution in [0.1, 0.15) is 0 Å². The molecule has 2 aromatic heterocycles. The van der Waals surface area contributed by atoms with Gasteiger partial charge in [0.15, 0.2) is 5.82 Å². The minimum atomic E-state index is 0.0663. The molecule has 9 heteroatoms. The molecular weight excluding hydrogens is 301 g/mol. The van der Waals surface area contributed by atoms with E-state index in [4.69, 9.17) is 28.9 Å². The van der Waals surface area contributed by atoms with Gasteiger partial charge in [0.25, 0.3) is 5.95 Å². The largest absolute Gasteiger partial charge is 0.368 e. The Kier molecular flexibility index (Phi) is 3.21. The highest BCUT2D eigenvalue weighted by molar-refractivity contribution is 6.35. The Morgan fingerprint density at radius 1 is 1.00 bits per heavy atom. The van der Waals surface area contributed by atoms with E-state index in [9.17, 15) is 0 Å². The fourth-order valence-corrected chi connectivity index (χ4v) is 2.13. The molecule has 2 heterocycles. The highest BCUT2D eigenvalue weighted by Crippen LogP contribution is 2.25. The summed E-state index contributed by atoms with van der Waals surface area (Å²) in [5.41, 5.74) is 6.33. The first-order chi connectivity index (χ1) is 9.61. The molecule has 20 heavy (non-hydrogen) atoms. The van der Waals surface area contributed by atoms with Crippen molar-refractivity contribution in [3.63, 3.8) is 0 Å². The third-order valence-electron chi connectivity index (χ3n) is 2.39. The maximum absolute atomic E-state index is 5.96. The molecule has 0 unspecified atom stereocenters. The summed E-state index contributed by atoms with van der Waals surface area (Å²) in [5.74, 6) is 0.685. The second-order valence-electron chi connectivity index (χ2n) is 3.82. The molecule has 0 radical (unpaired) electrons. The van der Waals surface area contributed by atoms with Crippen LogP contribution in [0, 0.1) is 0 Å². The average molecular weight is 308 g/mol. The Morgan fingerprint density at radius 3 is 2.40 bits per heavy atom. The number of aromatic nitrogens is 6. The van der Waals surface area contributed by atoms with Gasteiger partial charge in [-0.15, -0.1) is 0 Å². The fraction of sp³-hybridized carbons (Fsp3) is 0. The van der Waals surface area contributed by atoms with Crippen molar-refractivity contribution >= 4 is 29.2 Å². The Bertz CT molecular complexity index is 737. The predicted octanol–water partition coefficient (Wildman–Crippen LogP) is 2.01. The summed E-state index contributed by atoms with van der Waals surface area (Å²) in [6, 6.07) is 5.00. The standard InChI is InChI=1S/C11H7Cl2N7/c12-7-1-6(2-8(13)3-7)9-17-10(14)19-11(18-9)20-5-15-4-16-20/h1-5H,(H2,14,17,18,19). The Balaban J connectivity index is 2.14. The van der Waals surface area contributed by atoms with Crippen LogP contribution in [0.15, 0.2) is 30.9 Å². The van der Waals surface area contributed by atoms with Crippen molar-refractivity contribution in [2.45, 2.75) is 0 Å². The first kappa shape index (κ1) is 12.8. The lowest BCUT2D eigenvalue weighted by Gasteiger charge is -2.05. The van der Waals surface area contributed by atoms with Gasteiger partial charge in [0.2, 0.25) is 5.95 Å². The molecule has 0 saturated heterocycles. The average Bonchev–Trinajstić information content (AvgIpc) is 2.90. The first-order valence-corrected chi connectivity index (χ1v) is 6.20. The van der Waals surface area contributed by atoms with E-state index < -0.39 is 0 Å². The smallest absolute Gasteiger partial charge is 0.257 e. The maximum Gasteiger partial charge on any atom is 0.257 e. The van der Waals surface area contributed by atoms with Crippen molar-refractivity contribution < 1.29 is 0 Å². The van der Waals surface area contributed by atoms with Gasteiger partial charge >= 0.3 is 0 Å². The molecule has 0 fully saturated rings. The Hall–Kier alpha value is -2.25. The van der Waals surface area contributed by atoms with Crippen LogP contribution in [0.25, 0.3) is 17.3 Å². The number of hydrogen-bond acceptors (Lipinski definition) is 6. The summed E-state index contributed by atoms with van der Waals surface area (Å²) in [4.78, 5) is 16.2. The molecule has 100 valence electrons. The number of nitrogen functional groups attached to an aromatic ring is 1. The van der Waals surface area contributed by atoms with Crippen LogP contribution in [0.5, 0.6) is 0 Å². The Morgan fingerprint density at radius 2 is 1.75 bits per heavy atom. The third-order valence-corrected chi connectivity index (χ3v) is 2.82. The molecule has 2 N–H and O–H groups in total. The number of hydrogen-bond donors (Lipinski definition) is 1. The predicted molar refractivity (Wildman–Crippen MR) is 74.6 cm³/mol. The van der Waals surface area contributed by atoms with Crippen LogP contribution in [-0.4, -0.2) is 29.7 Å². The van der Waals surface area contributed by atoms with Gasteiger partial charge in [-0.25, -0.2) is 4.98 Å². The van der Waals surface area contributed by atoms with Crippen molar-refractivity contribution in [1.29, 1.82) is 0 Å². The number of benzene rings is 1. The molecule has 0 aliphatic heterocycles. The number of halogens is 2. The summed E-state index contributed by atoms with van der Waals surface area (Å²) in [6.07, 6.45) is 2.83. The summed E-state index contributed by atoms with van der Waals surface area (Å²) in [7, 11) is 0. The molecular formula is C11H7Cl2N7. The van der Waals surface area contributed by atoms with Crippen molar-refractivity contribution in [2.24, 2.45) is 0 Å². The highest BCUT2D eigenvalue weighted by Gasteiger charge is 2.10. The Labute approximate surface area is 123 Å². The van der Waals surface area contributed by atoms with Crippen molar-refractivity contribution in [1.82, 2.24) is 29.7 Å². The van der Waals surface area contributed by atoms with E-state index in [0.717, 1.165) is 0 Å². The fourth-order valence-electron chi connectivity index (χ4n) is 1.61. The first-order valence-electron chi connectivity index (χ1n) is 5.45. The van der Waals surface area contributed by atoms with Gasteiger partial charge in [-0.2, -0.15) is 24.7 Å². The van der Waals surface area contributed by atoms with Crippen LogP contribution >= 0.6 is 23.2 Å². The zero-order chi connectivity index (χ0) is 14.1. The molecule has 0 aliphatic rings. The van der Waals surface area contributed by atoms with Gasteiger partial charge in [0.05, 0.1) is 0 Å². The van der Waals surface area contributed by atoms with Gasteiger partial charge in [0, 0.05) is 15.6 Å². The van der Waals surface area contributed by atoms with Gasteiger partial charge in [-0.1, -0.05) is 23.2 Å². The van der Waals surface area contributed by atoms with E-state index in [1.807, 2.05) is 0 Å². The molecule has 3 rings (SSSR count). The lowest BCUT2D eigenvalue weighted by Crippen LogP contribution is -2.08. The van der Waals surface area contributed by atoms with Crippen LogP contribution in [-0.2, 0) is 0 Å². The molecule has 0 amide bonds. The number of rotatable bonds is 2.